The number of carbonyl (C=O) groups is 2. The van der Waals surface area contributed by atoms with Gasteiger partial charge in [0.05, 0.1) is 23.6 Å². The number of ether oxygens (including phenoxy) is 3. The third-order valence-electron chi connectivity index (χ3n) is 3.82. The maximum Gasteiger partial charge on any atom is 0.416 e. The maximum absolute atomic E-state index is 13.0. The van der Waals surface area contributed by atoms with E-state index in [9.17, 15) is 22.8 Å². The van der Waals surface area contributed by atoms with Gasteiger partial charge in [-0.15, -0.1) is 0 Å². The molecule has 0 aliphatic heterocycles. The van der Waals surface area contributed by atoms with Crippen molar-refractivity contribution < 1.29 is 37.0 Å². The van der Waals surface area contributed by atoms with E-state index in [1.165, 1.54) is 25.8 Å². The molecule has 0 spiro atoms. The van der Waals surface area contributed by atoms with E-state index in [2.05, 4.69) is 10.4 Å². The van der Waals surface area contributed by atoms with Crippen molar-refractivity contribution in [3.8, 4) is 5.75 Å². The molecular formula is C18H19ClF3N3O5. The molecule has 1 N–H and O–H groups in total. The van der Waals surface area contributed by atoms with Crippen LogP contribution in [0.25, 0.3) is 0 Å². The zero-order valence-electron chi connectivity index (χ0n) is 16.3. The molecule has 0 bridgehead atoms. The normalized spacial score (nSPS) is 11.3. The second-order valence-corrected chi connectivity index (χ2v) is 6.41. The van der Waals surface area contributed by atoms with E-state index in [1.807, 2.05) is 0 Å². The molecule has 0 radical (unpaired) electrons. The van der Waals surface area contributed by atoms with E-state index in [0.29, 0.717) is 5.69 Å². The minimum atomic E-state index is -4.62. The first-order chi connectivity index (χ1) is 14.0. The van der Waals surface area contributed by atoms with Gasteiger partial charge in [0.15, 0.2) is 6.61 Å². The zero-order valence-corrected chi connectivity index (χ0v) is 17.1. The SMILES string of the molecule is COCCOc1ccc(C(F)(F)F)cc1NC(=O)COC(=O)c1c(C)nn(C)c1Cl. The Labute approximate surface area is 174 Å². The lowest BCUT2D eigenvalue weighted by Gasteiger charge is -2.15. The van der Waals surface area contributed by atoms with Crippen LogP contribution < -0.4 is 10.1 Å². The molecule has 12 heteroatoms. The van der Waals surface area contributed by atoms with Gasteiger partial charge in [-0.25, -0.2) is 4.79 Å². The number of benzene rings is 1. The van der Waals surface area contributed by atoms with Crippen molar-refractivity contribution in [1.29, 1.82) is 0 Å². The van der Waals surface area contributed by atoms with E-state index in [-0.39, 0.29) is 35.4 Å². The van der Waals surface area contributed by atoms with Crippen LogP contribution >= 0.6 is 11.6 Å². The number of methoxy groups -OCH3 is 1. The Kier molecular flexibility index (Phi) is 7.68. The number of anilines is 1. The molecule has 164 valence electrons. The minimum absolute atomic E-state index is 0.00498. The van der Waals surface area contributed by atoms with Crippen molar-refractivity contribution >= 4 is 29.2 Å². The first-order valence-corrected chi connectivity index (χ1v) is 8.91. The third kappa shape index (κ3) is 5.86. The van der Waals surface area contributed by atoms with Crippen molar-refractivity contribution in [2.45, 2.75) is 13.1 Å². The molecule has 0 saturated carbocycles. The first-order valence-electron chi connectivity index (χ1n) is 8.53. The maximum atomic E-state index is 13.0. The number of aryl methyl sites for hydroxylation is 2. The van der Waals surface area contributed by atoms with Crippen molar-refractivity contribution in [1.82, 2.24) is 9.78 Å². The number of nitrogens with one attached hydrogen (secondary N) is 1. The highest BCUT2D eigenvalue weighted by Crippen LogP contribution is 2.35. The van der Waals surface area contributed by atoms with Gasteiger partial charge in [-0.2, -0.15) is 18.3 Å². The summed E-state index contributed by atoms with van der Waals surface area (Å²) < 4.78 is 55.3. The van der Waals surface area contributed by atoms with Crippen LogP contribution in [-0.4, -0.2) is 48.6 Å². The smallest absolute Gasteiger partial charge is 0.416 e. The summed E-state index contributed by atoms with van der Waals surface area (Å²) in [6, 6.07) is 2.63. The lowest BCUT2D eigenvalue weighted by molar-refractivity contribution is -0.137. The quantitative estimate of drug-likeness (QED) is 0.491. The van der Waals surface area contributed by atoms with Crippen molar-refractivity contribution in [3.63, 3.8) is 0 Å². The van der Waals surface area contributed by atoms with Crippen LogP contribution in [0.5, 0.6) is 5.75 Å². The number of alkyl halides is 3. The predicted molar refractivity (Wildman–Crippen MR) is 101 cm³/mol. The Morgan fingerprint density at radius 1 is 1.27 bits per heavy atom. The fraction of sp³-hybridized carbons (Fsp3) is 0.389. The number of hydrogen-bond acceptors (Lipinski definition) is 6. The molecule has 30 heavy (non-hydrogen) atoms. The van der Waals surface area contributed by atoms with Crippen molar-refractivity contribution in [2.75, 3.05) is 32.2 Å². The van der Waals surface area contributed by atoms with E-state index < -0.39 is 30.2 Å². The van der Waals surface area contributed by atoms with E-state index >= 15 is 0 Å². The van der Waals surface area contributed by atoms with Gasteiger partial charge in [-0.3, -0.25) is 9.48 Å². The number of amides is 1. The average molecular weight is 450 g/mol. The van der Waals surface area contributed by atoms with Gasteiger partial charge in [0.25, 0.3) is 5.91 Å². The molecule has 0 aliphatic rings. The third-order valence-corrected chi connectivity index (χ3v) is 4.25. The van der Waals surface area contributed by atoms with Crippen molar-refractivity contribution in [3.05, 3.63) is 40.2 Å². The van der Waals surface area contributed by atoms with Gasteiger partial charge in [0, 0.05) is 14.2 Å². The molecule has 1 aromatic heterocycles. The van der Waals surface area contributed by atoms with Crippen molar-refractivity contribution in [2.24, 2.45) is 7.05 Å². The predicted octanol–water partition coefficient (Wildman–Crippen LogP) is 3.22. The lowest BCUT2D eigenvalue weighted by Crippen LogP contribution is -2.22. The zero-order chi connectivity index (χ0) is 22.5. The highest BCUT2D eigenvalue weighted by molar-refractivity contribution is 6.32. The van der Waals surface area contributed by atoms with Gasteiger partial charge in [-0.05, 0) is 25.1 Å². The van der Waals surface area contributed by atoms with E-state index in [0.717, 1.165) is 18.2 Å². The molecule has 1 aromatic carbocycles. The summed E-state index contributed by atoms with van der Waals surface area (Å²) in [4.78, 5) is 24.3. The number of rotatable bonds is 8. The standard InChI is InChI=1S/C18H19ClF3N3O5/c1-10-15(16(19)25(2)24-10)17(27)30-9-14(26)23-12-8-11(18(20,21)22)4-5-13(12)29-7-6-28-3/h4-5,8H,6-7,9H2,1-3H3,(H,23,26). The van der Waals surface area contributed by atoms with Gasteiger partial charge in [0.1, 0.15) is 23.1 Å². The van der Waals surface area contributed by atoms with Gasteiger partial charge >= 0.3 is 12.1 Å². The Bertz CT molecular complexity index is 931. The summed E-state index contributed by atoms with van der Waals surface area (Å²) >= 11 is 5.96. The topological polar surface area (TPSA) is 91.7 Å². The number of nitrogens with zero attached hydrogens (tertiary/aromatic N) is 2. The Morgan fingerprint density at radius 2 is 1.97 bits per heavy atom. The van der Waals surface area contributed by atoms with Gasteiger partial charge in [-0.1, -0.05) is 11.6 Å². The molecule has 8 nitrogen and oxygen atoms in total. The summed E-state index contributed by atoms with van der Waals surface area (Å²) in [5, 5.41) is 6.24. The molecule has 0 atom stereocenters. The second kappa shape index (κ2) is 9.81. The lowest BCUT2D eigenvalue weighted by atomic mass is 10.1. The van der Waals surface area contributed by atoms with Gasteiger partial charge in [0.2, 0.25) is 0 Å². The average Bonchev–Trinajstić information content (AvgIpc) is 2.92. The molecule has 2 rings (SSSR count). The van der Waals surface area contributed by atoms with E-state index in [1.54, 1.807) is 0 Å². The molecule has 0 fully saturated rings. The summed E-state index contributed by atoms with van der Waals surface area (Å²) in [6.07, 6.45) is -4.62. The molecule has 0 aliphatic carbocycles. The molecule has 0 saturated heterocycles. The number of hydrogen-bond donors (Lipinski definition) is 1. The Hall–Kier alpha value is -2.79. The van der Waals surface area contributed by atoms with E-state index in [4.69, 9.17) is 25.8 Å². The summed E-state index contributed by atoms with van der Waals surface area (Å²) in [5.74, 6) is -1.75. The van der Waals surface area contributed by atoms with Crippen LogP contribution in [0.2, 0.25) is 5.15 Å². The highest BCUT2D eigenvalue weighted by atomic mass is 35.5. The molecular weight excluding hydrogens is 431 g/mol. The fourth-order valence-electron chi connectivity index (χ4n) is 2.42. The summed E-state index contributed by atoms with van der Waals surface area (Å²) in [5.41, 5.74) is -0.904. The number of halogens is 4. The number of aromatic nitrogens is 2. The number of esters is 1. The fourth-order valence-corrected chi connectivity index (χ4v) is 2.67. The summed E-state index contributed by atoms with van der Waals surface area (Å²) in [6.45, 7) is 1.03. The summed E-state index contributed by atoms with van der Waals surface area (Å²) in [7, 11) is 2.96. The highest BCUT2D eigenvalue weighted by Gasteiger charge is 2.31. The minimum Gasteiger partial charge on any atom is -0.489 e. The molecule has 2 aromatic rings. The molecule has 0 unspecified atom stereocenters. The van der Waals surface area contributed by atoms with Crippen LogP contribution in [0.1, 0.15) is 21.6 Å². The molecule has 1 amide bonds. The largest absolute Gasteiger partial charge is 0.489 e. The Balaban J connectivity index is 2.10. The second-order valence-electron chi connectivity index (χ2n) is 6.05. The Morgan fingerprint density at radius 3 is 2.53 bits per heavy atom. The van der Waals surface area contributed by atoms with Crippen LogP contribution in [0, 0.1) is 6.92 Å². The van der Waals surface area contributed by atoms with Gasteiger partial charge < -0.3 is 19.5 Å². The van der Waals surface area contributed by atoms with Crippen LogP contribution in [0.15, 0.2) is 18.2 Å². The monoisotopic (exact) mass is 449 g/mol. The van der Waals surface area contributed by atoms with Crippen LogP contribution in [-0.2, 0) is 27.5 Å². The number of carbonyl (C=O) groups excluding carboxylic acids is 2. The van der Waals surface area contributed by atoms with Crippen LogP contribution in [0.4, 0.5) is 18.9 Å². The molecule has 1 heterocycles. The van der Waals surface area contributed by atoms with Crippen LogP contribution in [0.3, 0.4) is 0 Å². The first kappa shape index (κ1) is 23.5.